The fourth-order valence-electron chi connectivity index (χ4n) is 3.12. The number of hydrogen-bond donors (Lipinski definition) is 2. The van der Waals surface area contributed by atoms with Crippen LogP contribution in [0.25, 0.3) is 0 Å². The van der Waals surface area contributed by atoms with Crippen molar-refractivity contribution in [3.05, 3.63) is 46.7 Å². The number of rotatable bonds is 6. The zero-order chi connectivity index (χ0) is 17.6. The van der Waals surface area contributed by atoms with Crippen molar-refractivity contribution in [1.82, 2.24) is 15.1 Å². The van der Waals surface area contributed by atoms with Crippen molar-refractivity contribution in [2.75, 3.05) is 26.2 Å². The molecule has 134 valence electrons. The molecule has 0 bridgehead atoms. The van der Waals surface area contributed by atoms with E-state index < -0.39 is 0 Å². The largest absolute Gasteiger partial charge is 0.493 e. The summed E-state index contributed by atoms with van der Waals surface area (Å²) in [7, 11) is 0. The molecule has 0 spiro atoms. The van der Waals surface area contributed by atoms with Crippen molar-refractivity contribution < 1.29 is 9.53 Å². The van der Waals surface area contributed by atoms with Crippen molar-refractivity contribution in [3.63, 3.8) is 0 Å². The van der Waals surface area contributed by atoms with Gasteiger partial charge in [-0.15, -0.1) is 0 Å². The molecule has 1 amide bonds. The average Bonchev–Trinajstić information content (AvgIpc) is 3.16. The van der Waals surface area contributed by atoms with E-state index in [1.54, 1.807) is 24.4 Å². The molecule has 1 fully saturated rings. The number of piperidine rings is 1. The van der Waals surface area contributed by atoms with Gasteiger partial charge in [0.2, 0.25) is 0 Å². The molecule has 7 heteroatoms. The lowest BCUT2D eigenvalue weighted by molar-refractivity contribution is 0.0707. The summed E-state index contributed by atoms with van der Waals surface area (Å²) in [4.78, 5) is 14.8. The number of carbonyl (C=O) groups is 1. The highest BCUT2D eigenvalue weighted by Crippen LogP contribution is 2.30. The predicted molar refractivity (Wildman–Crippen MR) is 97.1 cm³/mol. The number of aromatic amines is 1. The SMILES string of the molecule is NCCCOc1cc(Cl)ccc1C(=O)N1CCC(c2ccn[nH]2)CC1. The van der Waals surface area contributed by atoms with Crippen LogP contribution >= 0.6 is 11.6 Å². The van der Waals surface area contributed by atoms with E-state index in [4.69, 9.17) is 22.1 Å². The Labute approximate surface area is 152 Å². The van der Waals surface area contributed by atoms with Crippen LogP contribution in [0.15, 0.2) is 30.5 Å². The van der Waals surface area contributed by atoms with Gasteiger partial charge in [-0.3, -0.25) is 9.89 Å². The van der Waals surface area contributed by atoms with Crippen molar-refractivity contribution in [1.29, 1.82) is 0 Å². The van der Waals surface area contributed by atoms with Gasteiger partial charge in [0.05, 0.1) is 12.2 Å². The molecular formula is C18H23ClN4O2. The number of nitrogens with one attached hydrogen (secondary N) is 1. The van der Waals surface area contributed by atoms with Crippen LogP contribution in [0.5, 0.6) is 5.75 Å². The van der Waals surface area contributed by atoms with Crippen LogP contribution in [0.4, 0.5) is 0 Å². The smallest absolute Gasteiger partial charge is 0.257 e. The van der Waals surface area contributed by atoms with Gasteiger partial charge < -0.3 is 15.4 Å². The predicted octanol–water partition coefficient (Wildman–Crippen LogP) is 2.81. The number of nitrogens with two attached hydrogens (primary N) is 1. The quantitative estimate of drug-likeness (QED) is 0.774. The molecule has 3 N–H and O–H groups in total. The Morgan fingerprint density at radius 3 is 2.84 bits per heavy atom. The van der Waals surface area contributed by atoms with Crippen molar-refractivity contribution in [2.45, 2.75) is 25.2 Å². The molecule has 1 aliphatic rings. The summed E-state index contributed by atoms with van der Waals surface area (Å²) in [6.07, 6.45) is 4.34. The zero-order valence-corrected chi connectivity index (χ0v) is 14.8. The number of amides is 1. The van der Waals surface area contributed by atoms with Gasteiger partial charge in [-0.1, -0.05) is 11.6 Å². The normalized spacial score (nSPS) is 15.4. The van der Waals surface area contributed by atoms with Crippen LogP contribution in [-0.2, 0) is 0 Å². The molecule has 1 saturated heterocycles. The van der Waals surface area contributed by atoms with Gasteiger partial charge in [-0.25, -0.2) is 0 Å². The van der Waals surface area contributed by atoms with Gasteiger partial charge in [0.15, 0.2) is 0 Å². The number of halogens is 1. The van der Waals surface area contributed by atoms with E-state index in [1.807, 2.05) is 11.0 Å². The molecule has 0 radical (unpaired) electrons. The summed E-state index contributed by atoms with van der Waals surface area (Å²) in [5.74, 6) is 0.946. The molecule has 1 aromatic heterocycles. The highest BCUT2D eigenvalue weighted by atomic mass is 35.5. The lowest BCUT2D eigenvalue weighted by Crippen LogP contribution is -2.38. The minimum Gasteiger partial charge on any atom is -0.493 e. The van der Waals surface area contributed by atoms with Crippen LogP contribution < -0.4 is 10.5 Å². The molecule has 1 aromatic carbocycles. The Morgan fingerprint density at radius 2 is 2.16 bits per heavy atom. The molecule has 0 saturated carbocycles. The van der Waals surface area contributed by atoms with E-state index in [1.165, 1.54) is 0 Å². The molecule has 25 heavy (non-hydrogen) atoms. The number of carbonyl (C=O) groups excluding carboxylic acids is 1. The summed E-state index contributed by atoms with van der Waals surface area (Å²) >= 11 is 6.06. The van der Waals surface area contributed by atoms with E-state index >= 15 is 0 Å². The van der Waals surface area contributed by atoms with Crippen LogP contribution in [0.3, 0.4) is 0 Å². The minimum absolute atomic E-state index is 0.0116. The molecule has 6 nitrogen and oxygen atoms in total. The van der Waals surface area contributed by atoms with E-state index in [2.05, 4.69) is 10.2 Å². The van der Waals surface area contributed by atoms with Crippen LogP contribution in [-0.4, -0.2) is 47.2 Å². The summed E-state index contributed by atoms with van der Waals surface area (Å²) in [6, 6.07) is 7.17. The highest BCUT2D eigenvalue weighted by molar-refractivity contribution is 6.30. The molecule has 0 aliphatic carbocycles. The van der Waals surface area contributed by atoms with Crippen molar-refractivity contribution >= 4 is 17.5 Å². The fraction of sp³-hybridized carbons (Fsp3) is 0.444. The Bertz CT molecular complexity index is 697. The molecule has 2 heterocycles. The lowest BCUT2D eigenvalue weighted by atomic mass is 9.93. The number of nitrogens with zero attached hydrogens (tertiary/aromatic N) is 2. The van der Waals surface area contributed by atoms with Crippen LogP contribution in [0.2, 0.25) is 5.02 Å². The molecule has 0 unspecified atom stereocenters. The number of aromatic nitrogens is 2. The van der Waals surface area contributed by atoms with E-state index in [9.17, 15) is 4.79 Å². The number of ether oxygens (including phenoxy) is 1. The molecular weight excluding hydrogens is 340 g/mol. The van der Waals surface area contributed by atoms with E-state index in [0.29, 0.717) is 48.5 Å². The second kappa shape index (κ2) is 8.36. The first kappa shape index (κ1) is 17.8. The van der Waals surface area contributed by atoms with Crippen molar-refractivity contribution in [3.8, 4) is 5.75 Å². The first-order valence-electron chi connectivity index (χ1n) is 8.60. The summed E-state index contributed by atoms with van der Waals surface area (Å²) in [6.45, 7) is 2.45. The first-order valence-corrected chi connectivity index (χ1v) is 8.98. The number of likely N-dealkylation sites (tertiary alicyclic amines) is 1. The second-order valence-corrected chi connectivity index (χ2v) is 6.65. The monoisotopic (exact) mass is 362 g/mol. The van der Waals surface area contributed by atoms with E-state index in [0.717, 1.165) is 25.0 Å². The average molecular weight is 363 g/mol. The third kappa shape index (κ3) is 4.32. The third-order valence-corrected chi connectivity index (χ3v) is 4.76. The fourth-order valence-corrected chi connectivity index (χ4v) is 3.28. The number of H-pyrrole nitrogens is 1. The van der Waals surface area contributed by atoms with Crippen LogP contribution in [0.1, 0.15) is 41.2 Å². The summed E-state index contributed by atoms with van der Waals surface area (Å²) in [5, 5.41) is 7.59. The molecule has 1 aliphatic heterocycles. The first-order chi connectivity index (χ1) is 12.2. The maximum atomic E-state index is 12.9. The highest BCUT2D eigenvalue weighted by Gasteiger charge is 2.26. The topological polar surface area (TPSA) is 84.2 Å². The van der Waals surface area contributed by atoms with E-state index in [-0.39, 0.29) is 5.91 Å². The molecule has 2 aromatic rings. The Balaban J connectivity index is 1.67. The number of benzene rings is 1. The number of hydrogen-bond acceptors (Lipinski definition) is 4. The molecule has 0 atom stereocenters. The Morgan fingerprint density at radius 1 is 1.36 bits per heavy atom. The van der Waals surface area contributed by atoms with Gasteiger partial charge >= 0.3 is 0 Å². The van der Waals surface area contributed by atoms with Crippen molar-refractivity contribution in [2.24, 2.45) is 5.73 Å². The third-order valence-electron chi connectivity index (χ3n) is 4.52. The summed E-state index contributed by atoms with van der Waals surface area (Å²) in [5.41, 5.74) is 7.20. The zero-order valence-electron chi connectivity index (χ0n) is 14.1. The maximum Gasteiger partial charge on any atom is 0.257 e. The Kier molecular flexibility index (Phi) is 5.94. The standard InChI is InChI=1S/C18H23ClN4O2/c19-14-2-3-15(17(12-14)25-11-1-7-20)18(24)23-9-5-13(6-10-23)16-4-8-21-22-16/h2-4,8,12-13H,1,5-7,9-11,20H2,(H,21,22). The maximum absolute atomic E-state index is 12.9. The van der Waals surface area contributed by atoms with Gasteiger partial charge in [-0.2, -0.15) is 5.10 Å². The van der Waals surface area contributed by atoms with Gasteiger partial charge in [-0.05, 0) is 50.1 Å². The molecule has 3 rings (SSSR count). The van der Waals surface area contributed by atoms with Crippen LogP contribution in [0, 0.1) is 0 Å². The lowest BCUT2D eigenvalue weighted by Gasteiger charge is -2.32. The minimum atomic E-state index is -0.0116. The van der Waals surface area contributed by atoms with Gasteiger partial charge in [0, 0.05) is 35.9 Å². The second-order valence-electron chi connectivity index (χ2n) is 6.21. The summed E-state index contributed by atoms with van der Waals surface area (Å²) < 4.78 is 5.73. The van der Waals surface area contributed by atoms with Gasteiger partial charge in [0.1, 0.15) is 5.75 Å². The van der Waals surface area contributed by atoms with Gasteiger partial charge in [0.25, 0.3) is 5.91 Å². The Hall–Kier alpha value is -2.05.